The minimum absolute atomic E-state index is 0.0540. The van der Waals surface area contributed by atoms with Crippen LogP contribution in [0.2, 0.25) is 0 Å². The molecule has 1 aliphatic carbocycles. The molecule has 0 saturated heterocycles. The Morgan fingerprint density at radius 3 is 2.57 bits per heavy atom. The Kier molecular flexibility index (Phi) is 3.60. The smallest absolute Gasteiger partial charge is 0.229 e. The van der Waals surface area contributed by atoms with Crippen molar-refractivity contribution in [2.45, 2.75) is 20.3 Å². The number of para-hydroxylation sites is 1. The van der Waals surface area contributed by atoms with Crippen molar-refractivity contribution < 1.29 is 10.2 Å². The molecule has 0 amide bonds. The minimum Gasteiger partial charge on any atom is -0.507 e. The van der Waals surface area contributed by atoms with Gasteiger partial charge in [0.2, 0.25) is 5.43 Å². The summed E-state index contributed by atoms with van der Waals surface area (Å²) in [4.78, 5) is 12.5. The number of pyridine rings is 1. The first kappa shape index (κ1) is 15.2. The number of hydrogen-bond donors (Lipinski definition) is 2. The Bertz CT molecular complexity index is 963. The first-order chi connectivity index (χ1) is 10.9. The van der Waals surface area contributed by atoms with Crippen molar-refractivity contribution in [3.8, 4) is 22.8 Å². The van der Waals surface area contributed by atoms with E-state index in [1.54, 1.807) is 11.6 Å². The van der Waals surface area contributed by atoms with Gasteiger partial charge in [0.15, 0.2) is 5.75 Å². The Labute approximate surface area is 134 Å². The monoisotopic (exact) mass is 309 g/mol. The number of hydrogen-bond acceptors (Lipinski definition) is 3. The van der Waals surface area contributed by atoms with Crippen molar-refractivity contribution in [3.63, 3.8) is 0 Å². The number of aromatic nitrogens is 1. The molecule has 0 saturated carbocycles. The van der Waals surface area contributed by atoms with Crippen molar-refractivity contribution in [2.24, 2.45) is 7.05 Å². The number of aromatic hydroxyl groups is 2. The summed E-state index contributed by atoms with van der Waals surface area (Å²) in [6, 6.07) is 9.47. The van der Waals surface area contributed by atoms with Crippen molar-refractivity contribution in [3.05, 3.63) is 57.8 Å². The number of aryl methyl sites for hydroxylation is 1. The third kappa shape index (κ3) is 2.36. The van der Waals surface area contributed by atoms with E-state index in [0.29, 0.717) is 17.7 Å². The van der Waals surface area contributed by atoms with Gasteiger partial charge in [-0.05, 0) is 37.8 Å². The predicted molar refractivity (Wildman–Crippen MR) is 92.3 cm³/mol. The summed E-state index contributed by atoms with van der Waals surface area (Å²) in [5, 5.41) is 21.9. The van der Waals surface area contributed by atoms with Gasteiger partial charge in [-0.2, -0.15) is 0 Å². The molecule has 1 aliphatic heterocycles. The zero-order valence-corrected chi connectivity index (χ0v) is 13.4. The van der Waals surface area contributed by atoms with E-state index in [1.165, 1.54) is 0 Å². The summed E-state index contributed by atoms with van der Waals surface area (Å²) < 4.78 is 1.74. The summed E-state index contributed by atoms with van der Waals surface area (Å²) >= 11 is 0. The van der Waals surface area contributed by atoms with Crippen molar-refractivity contribution >= 4 is 10.9 Å². The van der Waals surface area contributed by atoms with Gasteiger partial charge < -0.3 is 14.8 Å². The second kappa shape index (κ2) is 5.47. The van der Waals surface area contributed by atoms with Gasteiger partial charge in [-0.25, -0.2) is 0 Å². The first-order valence-electron chi connectivity index (χ1n) is 7.50. The summed E-state index contributed by atoms with van der Waals surface area (Å²) in [7, 11) is 1.78. The third-order valence-corrected chi connectivity index (χ3v) is 4.16. The molecule has 23 heavy (non-hydrogen) atoms. The van der Waals surface area contributed by atoms with E-state index in [0.717, 1.165) is 16.5 Å². The summed E-state index contributed by atoms with van der Waals surface area (Å²) in [5.41, 5.74) is 2.48. The lowest BCUT2D eigenvalue weighted by Crippen LogP contribution is -2.14. The Morgan fingerprint density at radius 1 is 1.17 bits per heavy atom. The molecule has 0 radical (unpaired) electrons. The molecule has 4 heteroatoms. The van der Waals surface area contributed by atoms with Gasteiger partial charge in [-0.3, -0.25) is 4.79 Å². The Morgan fingerprint density at radius 2 is 1.87 bits per heavy atom. The molecule has 0 fully saturated rings. The Balaban J connectivity index is 2.43. The van der Waals surface area contributed by atoms with Crippen LogP contribution in [0.5, 0.6) is 11.5 Å². The second-order valence-corrected chi connectivity index (χ2v) is 6.01. The third-order valence-electron chi connectivity index (χ3n) is 4.16. The molecule has 3 rings (SSSR count). The number of rotatable bonds is 2. The van der Waals surface area contributed by atoms with Crippen LogP contribution in [0.25, 0.3) is 22.2 Å². The molecule has 2 aliphatic rings. The van der Waals surface area contributed by atoms with Crippen LogP contribution in [0.1, 0.15) is 19.4 Å². The SMILES string of the molecule is CC(C)=CCc1c(O)c2cc3ccccc3n(C)c-2c(O)c1=O. The fourth-order valence-corrected chi connectivity index (χ4v) is 2.92. The van der Waals surface area contributed by atoms with Crippen LogP contribution < -0.4 is 5.43 Å². The fraction of sp³-hybridized carbons (Fsp3) is 0.211. The van der Waals surface area contributed by atoms with Crippen molar-refractivity contribution in [2.75, 3.05) is 0 Å². The van der Waals surface area contributed by atoms with Crippen LogP contribution in [0.3, 0.4) is 0 Å². The number of fused-ring (bicyclic) bond motifs is 2. The van der Waals surface area contributed by atoms with E-state index >= 15 is 0 Å². The second-order valence-electron chi connectivity index (χ2n) is 6.01. The van der Waals surface area contributed by atoms with Crippen LogP contribution in [-0.2, 0) is 13.5 Å². The molecule has 1 heterocycles. The average Bonchev–Trinajstić information content (AvgIpc) is 2.52. The van der Waals surface area contributed by atoms with E-state index in [9.17, 15) is 15.0 Å². The molecule has 0 bridgehead atoms. The van der Waals surface area contributed by atoms with E-state index in [4.69, 9.17) is 0 Å². The topological polar surface area (TPSA) is 62.5 Å². The van der Waals surface area contributed by atoms with Gasteiger partial charge in [0.05, 0.1) is 5.69 Å². The largest absolute Gasteiger partial charge is 0.507 e. The lowest BCUT2D eigenvalue weighted by Gasteiger charge is -2.19. The maximum absolute atomic E-state index is 12.5. The van der Waals surface area contributed by atoms with Gasteiger partial charge in [0.25, 0.3) is 0 Å². The van der Waals surface area contributed by atoms with Gasteiger partial charge in [0, 0.05) is 23.7 Å². The lowest BCUT2D eigenvalue weighted by atomic mass is 9.97. The molecule has 4 nitrogen and oxygen atoms in total. The molecular weight excluding hydrogens is 290 g/mol. The molecule has 2 N–H and O–H groups in total. The van der Waals surface area contributed by atoms with Gasteiger partial charge in [-0.15, -0.1) is 0 Å². The molecule has 0 spiro atoms. The van der Waals surface area contributed by atoms with E-state index in [2.05, 4.69) is 0 Å². The average molecular weight is 309 g/mol. The lowest BCUT2D eigenvalue weighted by molar-refractivity contribution is 0.449. The van der Waals surface area contributed by atoms with Gasteiger partial charge >= 0.3 is 0 Å². The number of nitrogens with zero attached hydrogens (tertiary/aromatic N) is 1. The normalized spacial score (nSPS) is 11.1. The van der Waals surface area contributed by atoms with E-state index < -0.39 is 5.43 Å². The summed E-state index contributed by atoms with van der Waals surface area (Å²) in [6.45, 7) is 3.85. The zero-order valence-electron chi connectivity index (χ0n) is 13.4. The van der Waals surface area contributed by atoms with Crippen LogP contribution in [0.4, 0.5) is 0 Å². The van der Waals surface area contributed by atoms with E-state index in [-0.39, 0.29) is 17.1 Å². The fourth-order valence-electron chi connectivity index (χ4n) is 2.92. The summed E-state index contributed by atoms with van der Waals surface area (Å²) in [5.74, 6) is -0.370. The summed E-state index contributed by atoms with van der Waals surface area (Å²) in [6.07, 6.45) is 2.16. The van der Waals surface area contributed by atoms with Crippen LogP contribution >= 0.6 is 0 Å². The van der Waals surface area contributed by atoms with Crippen molar-refractivity contribution in [1.82, 2.24) is 4.57 Å². The highest BCUT2D eigenvalue weighted by atomic mass is 16.3. The molecule has 1 aromatic rings. The zero-order chi connectivity index (χ0) is 16.7. The van der Waals surface area contributed by atoms with Gasteiger partial charge in [-0.1, -0.05) is 29.8 Å². The molecule has 118 valence electrons. The van der Waals surface area contributed by atoms with Crippen LogP contribution in [-0.4, -0.2) is 14.8 Å². The molecule has 0 unspecified atom stereocenters. The number of phenols is 2. The maximum atomic E-state index is 12.5. The molecular formula is C19H19NO3. The van der Waals surface area contributed by atoms with E-state index in [1.807, 2.05) is 50.3 Å². The van der Waals surface area contributed by atoms with Crippen LogP contribution in [0.15, 0.2) is 46.8 Å². The number of phenolic OH excluding ortho intramolecular Hbond substituents is 2. The van der Waals surface area contributed by atoms with Crippen molar-refractivity contribution in [1.29, 1.82) is 0 Å². The molecule has 0 atom stereocenters. The molecule has 1 aromatic carbocycles. The maximum Gasteiger partial charge on any atom is 0.229 e. The predicted octanol–water partition coefficient (Wildman–Crippen LogP) is 3.56. The van der Waals surface area contributed by atoms with Crippen LogP contribution in [0, 0.1) is 0 Å². The highest BCUT2D eigenvalue weighted by Gasteiger charge is 2.24. The minimum atomic E-state index is -0.515. The highest BCUT2D eigenvalue weighted by molar-refractivity contribution is 5.90. The number of allylic oxidation sites excluding steroid dienone is 2. The van der Waals surface area contributed by atoms with Gasteiger partial charge in [0.1, 0.15) is 5.75 Å². The highest BCUT2D eigenvalue weighted by Crippen LogP contribution is 2.40. The Hall–Kier alpha value is -2.75. The first-order valence-corrected chi connectivity index (χ1v) is 7.50. The standard InChI is InChI=1S/C19H19NO3/c1-11(2)8-9-13-17(21)14-10-12-6-4-5-7-15(12)20(3)16(14)19(23)18(13)22/h4-8,10,21,23H,9H2,1-3H3. The molecule has 0 aromatic heterocycles. The quantitative estimate of drug-likeness (QED) is 0.432. The number of benzene rings is 2.